The van der Waals surface area contributed by atoms with Crippen LogP contribution < -0.4 is 4.90 Å². The predicted molar refractivity (Wildman–Crippen MR) is 118 cm³/mol. The SMILES string of the molecule is CS(=O)(=O)N1CCN(c2nc(-c3ccccc3)nc3sc4c(c23)CCCC4)CC1. The number of benzene rings is 1. The first-order valence-electron chi connectivity index (χ1n) is 10.1. The molecule has 5 rings (SSSR count). The van der Waals surface area contributed by atoms with Gasteiger partial charge in [-0.15, -0.1) is 11.3 Å². The molecule has 3 heterocycles. The Bertz CT molecular complexity index is 1150. The third-order valence-electron chi connectivity index (χ3n) is 5.83. The zero-order chi connectivity index (χ0) is 20.0. The molecule has 29 heavy (non-hydrogen) atoms. The summed E-state index contributed by atoms with van der Waals surface area (Å²) < 4.78 is 25.4. The number of rotatable bonds is 3. The van der Waals surface area contributed by atoms with Crippen LogP contribution in [0.25, 0.3) is 21.6 Å². The van der Waals surface area contributed by atoms with Crippen LogP contribution in [0.2, 0.25) is 0 Å². The number of piperazine rings is 1. The molecule has 0 saturated carbocycles. The van der Waals surface area contributed by atoms with Gasteiger partial charge in [-0.3, -0.25) is 0 Å². The Balaban J connectivity index is 1.62. The smallest absolute Gasteiger partial charge is 0.211 e. The van der Waals surface area contributed by atoms with E-state index in [2.05, 4.69) is 4.90 Å². The normalized spacial score (nSPS) is 18.2. The maximum Gasteiger partial charge on any atom is 0.211 e. The van der Waals surface area contributed by atoms with E-state index in [9.17, 15) is 8.42 Å². The Kier molecular flexibility index (Phi) is 4.80. The molecule has 0 atom stereocenters. The summed E-state index contributed by atoms with van der Waals surface area (Å²) in [5, 5.41) is 1.19. The molecule has 0 spiro atoms. The van der Waals surface area contributed by atoms with Crippen molar-refractivity contribution in [2.24, 2.45) is 0 Å². The van der Waals surface area contributed by atoms with Gasteiger partial charge in [0.25, 0.3) is 0 Å². The molecule has 2 aromatic heterocycles. The zero-order valence-electron chi connectivity index (χ0n) is 16.5. The Morgan fingerprint density at radius 2 is 1.69 bits per heavy atom. The molecular weight excluding hydrogens is 404 g/mol. The number of sulfonamides is 1. The highest BCUT2D eigenvalue weighted by molar-refractivity contribution is 7.88. The fourth-order valence-electron chi connectivity index (χ4n) is 4.31. The molecule has 152 valence electrons. The predicted octanol–water partition coefficient (Wildman–Crippen LogP) is 3.32. The van der Waals surface area contributed by atoms with E-state index in [1.165, 1.54) is 34.9 Å². The van der Waals surface area contributed by atoms with Gasteiger partial charge in [0.05, 0.1) is 11.6 Å². The van der Waals surface area contributed by atoms with Gasteiger partial charge in [0, 0.05) is 36.6 Å². The van der Waals surface area contributed by atoms with Crippen LogP contribution in [0.1, 0.15) is 23.3 Å². The van der Waals surface area contributed by atoms with Crippen LogP contribution in [0, 0.1) is 0 Å². The van der Waals surface area contributed by atoms with Gasteiger partial charge in [-0.2, -0.15) is 4.31 Å². The fraction of sp³-hybridized carbons (Fsp3) is 0.429. The van der Waals surface area contributed by atoms with Crippen LogP contribution >= 0.6 is 11.3 Å². The van der Waals surface area contributed by atoms with Gasteiger partial charge >= 0.3 is 0 Å². The lowest BCUT2D eigenvalue weighted by Gasteiger charge is -2.34. The summed E-state index contributed by atoms with van der Waals surface area (Å²) in [6.07, 6.45) is 5.94. The molecule has 1 fully saturated rings. The maximum atomic E-state index is 11.9. The van der Waals surface area contributed by atoms with Crippen molar-refractivity contribution in [1.29, 1.82) is 0 Å². The minimum atomic E-state index is -3.15. The second kappa shape index (κ2) is 7.34. The van der Waals surface area contributed by atoms with E-state index in [-0.39, 0.29) is 0 Å². The quantitative estimate of drug-likeness (QED) is 0.640. The summed E-state index contributed by atoms with van der Waals surface area (Å²) >= 11 is 1.81. The van der Waals surface area contributed by atoms with Crippen molar-refractivity contribution < 1.29 is 8.42 Å². The van der Waals surface area contributed by atoms with Crippen molar-refractivity contribution in [1.82, 2.24) is 14.3 Å². The molecule has 8 heteroatoms. The van der Waals surface area contributed by atoms with Crippen LogP contribution in [0.4, 0.5) is 5.82 Å². The third-order valence-corrected chi connectivity index (χ3v) is 8.32. The average molecular weight is 429 g/mol. The number of nitrogens with zero attached hydrogens (tertiary/aromatic N) is 4. The minimum absolute atomic E-state index is 0.497. The lowest BCUT2D eigenvalue weighted by Crippen LogP contribution is -2.48. The summed E-state index contributed by atoms with van der Waals surface area (Å²) in [7, 11) is -3.15. The second-order valence-corrected chi connectivity index (χ2v) is 10.8. The zero-order valence-corrected chi connectivity index (χ0v) is 18.1. The van der Waals surface area contributed by atoms with Crippen molar-refractivity contribution in [3.05, 3.63) is 40.8 Å². The second-order valence-electron chi connectivity index (χ2n) is 7.78. The first-order valence-corrected chi connectivity index (χ1v) is 12.7. The Labute approximate surface area is 175 Å². The molecule has 0 amide bonds. The highest BCUT2D eigenvalue weighted by atomic mass is 32.2. The van der Waals surface area contributed by atoms with Crippen molar-refractivity contribution >= 4 is 37.4 Å². The van der Waals surface area contributed by atoms with Crippen LogP contribution in [0.5, 0.6) is 0 Å². The Hall–Kier alpha value is -2.03. The van der Waals surface area contributed by atoms with Gasteiger partial charge in [0.1, 0.15) is 10.6 Å². The molecule has 2 aliphatic rings. The van der Waals surface area contributed by atoms with Crippen LogP contribution in [-0.2, 0) is 22.9 Å². The van der Waals surface area contributed by atoms with Crippen LogP contribution in [0.15, 0.2) is 30.3 Å². The van der Waals surface area contributed by atoms with Crippen molar-refractivity contribution in [2.75, 3.05) is 37.3 Å². The van der Waals surface area contributed by atoms with E-state index >= 15 is 0 Å². The van der Waals surface area contributed by atoms with Crippen LogP contribution in [0.3, 0.4) is 0 Å². The monoisotopic (exact) mass is 428 g/mol. The molecule has 1 aromatic carbocycles. The maximum absolute atomic E-state index is 11.9. The minimum Gasteiger partial charge on any atom is -0.353 e. The number of fused-ring (bicyclic) bond motifs is 3. The molecule has 1 saturated heterocycles. The largest absolute Gasteiger partial charge is 0.353 e. The number of anilines is 1. The highest BCUT2D eigenvalue weighted by Crippen LogP contribution is 2.41. The topological polar surface area (TPSA) is 66.4 Å². The molecular formula is C21H24N4O2S2. The van der Waals surface area contributed by atoms with Gasteiger partial charge in [-0.05, 0) is 31.2 Å². The van der Waals surface area contributed by atoms with Gasteiger partial charge in [-0.1, -0.05) is 30.3 Å². The van der Waals surface area contributed by atoms with Gasteiger partial charge in [-0.25, -0.2) is 18.4 Å². The fourth-order valence-corrected chi connectivity index (χ4v) is 6.40. The summed E-state index contributed by atoms with van der Waals surface area (Å²) in [5.41, 5.74) is 2.42. The van der Waals surface area contributed by atoms with E-state index in [0.717, 1.165) is 34.9 Å². The molecule has 1 aliphatic carbocycles. The van der Waals surface area contributed by atoms with E-state index in [0.29, 0.717) is 26.2 Å². The van der Waals surface area contributed by atoms with Gasteiger partial charge in [0.2, 0.25) is 10.0 Å². The molecule has 3 aromatic rings. The molecule has 6 nitrogen and oxygen atoms in total. The Morgan fingerprint density at radius 3 is 2.41 bits per heavy atom. The van der Waals surface area contributed by atoms with E-state index in [1.54, 1.807) is 4.31 Å². The first kappa shape index (κ1) is 19.0. The molecule has 0 unspecified atom stereocenters. The molecule has 0 radical (unpaired) electrons. The molecule has 1 aliphatic heterocycles. The van der Waals surface area contributed by atoms with Crippen molar-refractivity contribution in [3.63, 3.8) is 0 Å². The van der Waals surface area contributed by atoms with E-state index in [4.69, 9.17) is 9.97 Å². The molecule has 0 N–H and O–H groups in total. The number of thiophene rings is 1. The van der Waals surface area contributed by atoms with Crippen LogP contribution in [-0.4, -0.2) is 55.1 Å². The standard InChI is InChI=1S/C21H24N4O2S2/c1-29(26,27)25-13-11-24(12-14-25)20-18-16-9-5-6-10-17(16)28-21(18)23-19(22-20)15-7-3-2-4-8-15/h2-4,7-8H,5-6,9-14H2,1H3. The third kappa shape index (κ3) is 3.53. The number of hydrogen-bond donors (Lipinski definition) is 0. The molecule has 0 bridgehead atoms. The summed E-state index contributed by atoms with van der Waals surface area (Å²) in [5.74, 6) is 1.72. The van der Waals surface area contributed by atoms with Crippen molar-refractivity contribution in [2.45, 2.75) is 25.7 Å². The lowest BCUT2D eigenvalue weighted by atomic mass is 9.97. The van der Waals surface area contributed by atoms with E-state index in [1.807, 2.05) is 41.7 Å². The first-order chi connectivity index (χ1) is 14.0. The van der Waals surface area contributed by atoms with Gasteiger partial charge < -0.3 is 4.90 Å². The van der Waals surface area contributed by atoms with Crippen molar-refractivity contribution in [3.8, 4) is 11.4 Å². The lowest BCUT2D eigenvalue weighted by molar-refractivity contribution is 0.387. The Morgan fingerprint density at radius 1 is 0.966 bits per heavy atom. The van der Waals surface area contributed by atoms with Gasteiger partial charge in [0.15, 0.2) is 5.82 Å². The summed E-state index contributed by atoms with van der Waals surface area (Å²) in [6, 6.07) is 10.1. The number of aryl methyl sites for hydroxylation is 2. The number of aromatic nitrogens is 2. The number of hydrogen-bond acceptors (Lipinski definition) is 6. The average Bonchev–Trinajstić information content (AvgIpc) is 3.12. The summed E-state index contributed by atoms with van der Waals surface area (Å²) in [6.45, 7) is 2.30. The highest BCUT2D eigenvalue weighted by Gasteiger charge is 2.28. The summed E-state index contributed by atoms with van der Waals surface area (Å²) in [4.78, 5) is 14.7. The van der Waals surface area contributed by atoms with E-state index < -0.39 is 10.0 Å².